The van der Waals surface area contributed by atoms with Crippen molar-refractivity contribution in [3.63, 3.8) is 0 Å². The van der Waals surface area contributed by atoms with E-state index in [1.807, 2.05) is 0 Å². The maximum absolute atomic E-state index is 12.5. The highest BCUT2D eigenvalue weighted by Crippen LogP contribution is 2.11. The zero-order chi connectivity index (χ0) is 18.0. The van der Waals surface area contributed by atoms with E-state index < -0.39 is 0 Å². The summed E-state index contributed by atoms with van der Waals surface area (Å²) in [5.41, 5.74) is 1.21. The molecule has 0 fully saturated rings. The highest BCUT2D eigenvalue weighted by molar-refractivity contribution is 5.89. The number of ether oxygens (including phenoxy) is 1. The van der Waals surface area contributed by atoms with E-state index in [-0.39, 0.29) is 17.2 Å². The molecule has 0 atom stereocenters. The standard InChI is InChI=1S/C19H18N2O4/c1-3-25-18(23)14-10-8-13(9-11-14)12-21-16-7-5-4-6-15(16)17(22)20(2)19(21)24/h4-11H,3,12H2,1-2H3. The minimum atomic E-state index is -0.377. The number of hydrogen-bond donors (Lipinski definition) is 0. The Balaban J connectivity index is 2.03. The molecule has 3 aromatic rings. The van der Waals surface area contributed by atoms with Crippen LogP contribution in [0.3, 0.4) is 0 Å². The molecule has 0 N–H and O–H groups in total. The van der Waals surface area contributed by atoms with E-state index in [1.165, 1.54) is 7.05 Å². The molecule has 25 heavy (non-hydrogen) atoms. The maximum atomic E-state index is 12.5. The lowest BCUT2D eigenvalue weighted by molar-refractivity contribution is 0.0526. The van der Waals surface area contributed by atoms with Gasteiger partial charge in [0.05, 0.1) is 29.6 Å². The van der Waals surface area contributed by atoms with Crippen LogP contribution in [0.5, 0.6) is 0 Å². The van der Waals surface area contributed by atoms with Crippen LogP contribution < -0.4 is 11.2 Å². The predicted octanol–water partition coefficient (Wildman–Crippen LogP) is 1.93. The normalized spacial score (nSPS) is 10.8. The highest BCUT2D eigenvalue weighted by atomic mass is 16.5. The van der Waals surface area contributed by atoms with Gasteiger partial charge in [-0.15, -0.1) is 0 Å². The first kappa shape index (κ1) is 16.7. The first-order valence-corrected chi connectivity index (χ1v) is 7.97. The monoisotopic (exact) mass is 338 g/mol. The predicted molar refractivity (Wildman–Crippen MR) is 94.9 cm³/mol. The molecule has 1 aromatic heterocycles. The molecule has 6 heteroatoms. The van der Waals surface area contributed by atoms with Gasteiger partial charge in [-0.2, -0.15) is 0 Å². The quantitative estimate of drug-likeness (QED) is 0.682. The number of rotatable bonds is 4. The van der Waals surface area contributed by atoms with Gasteiger partial charge in [-0.1, -0.05) is 24.3 Å². The Kier molecular flexibility index (Phi) is 4.52. The molecule has 0 spiro atoms. The van der Waals surface area contributed by atoms with E-state index in [1.54, 1.807) is 60.0 Å². The Bertz CT molecular complexity index is 1050. The van der Waals surface area contributed by atoms with E-state index in [0.29, 0.717) is 29.6 Å². The topological polar surface area (TPSA) is 70.3 Å². The minimum absolute atomic E-state index is 0.302. The van der Waals surface area contributed by atoms with Gasteiger partial charge in [-0.05, 0) is 36.8 Å². The number of nitrogens with zero attached hydrogens (tertiary/aromatic N) is 2. The number of carbonyl (C=O) groups excluding carboxylic acids is 1. The van der Waals surface area contributed by atoms with Crippen LogP contribution in [0.2, 0.25) is 0 Å². The smallest absolute Gasteiger partial charge is 0.338 e. The molecular formula is C19H18N2O4. The molecule has 1 heterocycles. The summed E-state index contributed by atoms with van der Waals surface area (Å²) in [6, 6.07) is 13.9. The van der Waals surface area contributed by atoms with Crippen molar-refractivity contribution in [1.82, 2.24) is 9.13 Å². The van der Waals surface area contributed by atoms with Crippen LogP contribution in [0.1, 0.15) is 22.8 Å². The summed E-state index contributed by atoms with van der Waals surface area (Å²) in [7, 11) is 1.47. The lowest BCUT2D eigenvalue weighted by Crippen LogP contribution is -2.38. The molecule has 0 unspecified atom stereocenters. The summed E-state index contributed by atoms with van der Waals surface area (Å²) in [5.74, 6) is -0.376. The molecule has 0 radical (unpaired) electrons. The molecule has 6 nitrogen and oxygen atoms in total. The van der Waals surface area contributed by atoms with Gasteiger partial charge in [0, 0.05) is 7.05 Å². The lowest BCUT2D eigenvalue weighted by Gasteiger charge is -2.12. The van der Waals surface area contributed by atoms with Crippen molar-refractivity contribution in [2.24, 2.45) is 7.05 Å². The Morgan fingerprint density at radius 3 is 2.40 bits per heavy atom. The van der Waals surface area contributed by atoms with Crippen molar-refractivity contribution >= 4 is 16.9 Å². The van der Waals surface area contributed by atoms with Crippen molar-refractivity contribution in [2.45, 2.75) is 13.5 Å². The van der Waals surface area contributed by atoms with Crippen LogP contribution >= 0.6 is 0 Å². The number of esters is 1. The maximum Gasteiger partial charge on any atom is 0.338 e. The average molecular weight is 338 g/mol. The average Bonchev–Trinajstić information content (AvgIpc) is 2.64. The second kappa shape index (κ2) is 6.76. The van der Waals surface area contributed by atoms with Crippen molar-refractivity contribution in [3.8, 4) is 0 Å². The van der Waals surface area contributed by atoms with Crippen molar-refractivity contribution < 1.29 is 9.53 Å². The largest absolute Gasteiger partial charge is 0.462 e. The molecule has 0 aliphatic heterocycles. The summed E-state index contributed by atoms with van der Waals surface area (Å²) in [4.78, 5) is 36.5. The third-order valence-electron chi connectivity index (χ3n) is 4.05. The zero-order valence-electron chi connectivity index (χ0n) is 14.1. The van der Waals surface area contributed by atoms with Gasteiger partial charge < -0.3 is 4.74 Å². The molecule has 2 aromatic carbocycles. The van der Waals surface area contributed by atoms with Crippen LogP contribution in [0.25, 0.3) is 10.9 Å². The molecule has 0 amide bonds. The molecule has 0 bridgehead atoms. The summed E-state index contributed by atoms with van der Waals surface area (Å²) >= 11 is 0. The van der Waals surface area contributed by atoms with Gasteiger partial charge in [-0.3, -0.25) is 13.9 Å². The van der Waals surface area contributed by atoms with Crippen LogP contribution in [-0.4, -0.2) is 21.7 Å². The summed E-state index contributed by atoms with van der Waals surface area (Å²) in [6.07, 6.45) is 0. The number of para-hydroxylation sites is 1. The first-order valence-electron chi connectivity index (χ1n) is 7.97. The SMILES string of the molecule is CCOC(=O)c1ccc(Cn2c(=O)n(C)c(=O)c3ccccc32)cc1. The molecule has 3 rings (SSSR count). The lowest BCUT2D eigenvalue weighted by atomic mass is 10.1. The minimum Gasteiger partial charge on any atom is -0.462 e. The van der Waals surface area contributed by atoms with Crippen molar-refractivity contribution in [2.75, 3.05) is 6.61 Å². The van der Waals surface area contributed by atoms with Crippen LogP contribution in [0, 0.1) is 0 Å². The molecule has 0 saturated carbocycles. The summed E-state index contributed by atoms with van der Waals surface area (Å²) in [5, 5.41) is 0.493. The zero-order valence-corrected chi connectivity index (χ0v) is 14.1. The van der Waals surface area contributed by atoms with Gasteiger partial charge >= 0.3 is 11.7 Å². The fraction of sp³-hybridized carbons (Fsp3) is 0.211. The summed E-state index contributed by atoms with van der Waals surface area (Å²) in [6.45, 7) is 2.38. The number of fused-ring (bicyclic) bond motifs is 1. The number of aromatic nitrogens is 2. The van der Waals surface area contributed by atoms with E-state index >= 15 is 0 Å². The van der Waals surface area contributed by atoms with Gasteiger partial charge in [0.2, 0.25) is 0 Å². The van der Waals surface area contributed by atoms with Gasteiger partial charge in [0.25, 0.3) is 5.56 Å². The first-order chi connectivity index (χ1) is 12.0. The van der Waals surface area contributed by atoms with Crippen LogP contribution in [0.4, 0.5) is 0 Å². The van der Waals surface area contributed by atoms with Crippen molar-refractivity contribution in [3.05, 3.63) is 80.5 Å². The molecule has 128 valence electrons. The van der Waals surface area contributed by atoms with Crippen molar-refractivity contribution in [1.29, 1.82) is 0 Å². The van der Waals surface area contributed by atoms with Crippen LogP contribution in [-0.2, 0) is 18.3 Å². The van der Waals surface area contributed by atoms with Gasteiger partial charge in [-0.25, -0.2) is 9.59 Å². The summed E-state index contributed by atoms with van der Waals surface area (Å²) < 4.78 is 7.62. The number of carbonyl (C=O) groups is 1. The molecular weight excluding hydrogens is 320 g/mol. The third-order valence-corrected chi connectivity index (χ3v) is 4.05. The Labute approximate surface area is 143 Å². The fourth-order valence-electron chi connectivity index (χ4n) is 2.74. The van der Waals surface area contributed by atoms with E-state index in [2.05, 4.69) is 0 Å². The van der Waals surface area contributed by atoms with Gasteiger partial charge in [0.15, 0.2) is 0 Å². The Morgan fingerprint density at radius 1 is 1.04 bits per heavy atom. The van der Waals surface area contributed by atoms with Crippen LogP contribution in [0.15, 0.2) is 58.1 Å². The molecule has 0 aliphatic rings. The second-order valence-corrected chi connectivity index (χ2v) is 5.67. The fourth-order valence-corrected chi connectivity index (χ4v) is 2.74. The van der Waals surface area contributed by atoms with E-state index in [4.69, 9.17) is 4.74 Å². The number of benzene rings is 2. The molecule has 0 aliphatic carbocycles. The van der Waals surface area contributed by atoms with E-state index in [9.17, 15) is 14.4 Å². The Hall–Kier alpha value is -3.15. The second-order valence-electron chi connectivity index (χ2n) is 5.67. The van der Waals surface area contributed by atoms with E-state index in [0.717, 1.165) is 10.1 Å². The third kappa shape index (κ3) is 3.10. The number of hydrogen-bond acceptors (Lipinski definition) is 4. The highest BCUT2D eigenvalue weighted by Gasteiger charge is 2.11. The molecule has 0 saturated heterocycles. The Morgan fingerprint density at radius 2 is 1.72 bits per heavy atom. The van der Waals surface area contributed by atoms with Gasteiger partial charge in [0.1, 0.15) is 0 Å².